The van der Waals surface area contributed by atoms with Gasteiger partial charge in [0.05, 0.1) is 23.6 Å². The number of ether oxygens (including phenoxy) is 1. The molecule has 1 aromatic heterocycles. The van der Waals surface area contributed by atoms with Crippen LogP contribution in [0.5, 0.6) is 0 Å². The summed E-state index contributed by atoms with van der Waals surface area (Å²) in [7, 11) is 6.41. The summed E-state index contributed by atoms with van der Waals surface area (Å²) in [5.41, 5.74) is 11.4. The van der Waals surface area contributed by atoms with Crippen molar-refractivity contribution in [3.8, 4) is 22.9 Å². The van der Waals surface area contributed by atoms with Crippen molar-refractivity contribution < 1.29 is 23.7 Å². The molecule has 4 heterocycles. The molecule has 0 bridgehead atoms. The van der Waals surface area contributed by atoms with E-state index in [1.54, 1.807) is 0 Å². The summed E-state index contributed by atoms with van der Waals surface area (Å²) in [4.78, 5) is 47.3. The van der Waals surface area contributed by atoms with E-state index in [0.29, 0.717) is 29.2 Å². The van der Waals surface area contributed by atoms with Crippen LogP contribution in [-0.2, 0) is 4.74 Å². The number of esters is 1. The Balaban J connectivity index is 0.000000165. The number of nitrogens with zero attached hydrogens (tertiary/aromatic N) is 9. The molecule has 3 aliphatic rings. The van der Waals surface area contributed by atoms with Gasteiger partial charge in [-0.3, -0.25) is 14.9 Å². The minimum Gasteiger partial charge on any atom is -0.462 e. The topological polar surface area (TPSA) is 171 Å². The summed E-state index contributed by atoms with van der Waals surface area (Å²) in [6.45, 7) is 14.9. The van der Waals surface area contributed by atoms with Crippen LogP contribution in [0.2, 0.25) is 5.02 Å². The number of carbonyl (C=O) groups is 2. The summed E-state index contributed by atoms with van der Waals surface area (Å²) >= 11 is 5.96. The Morgan fingerprint density at radius 1 is 0.651 bits per heavy atom. The summed E-state index contributed by atoms with van der Waals surface area (Å²) < 4.78 is 10.7. The van der Waals surface area contributed by atoms with Crippen molar-refractivity contribution in [2.75, 3.05) is 128 Å². The molecule has 3 aliphatic heterocycles. The quantitative estimate of drug-likeness (QED) is 0.0759. The van der Waals surface area contributed by atoms with Crippen molar-refractivity contribution in [2.45, 2.75) is 6.92 Å². The van der Waals surface area contributed by atoms with Crippen LogP contribution in [0.3, 0.4) is 0 Å². The number of hydrogen-bond donors (Lipinski definition) is 1. The maximum absolute atomic E-state index is 11.5. The maximum Gasteiger partial charge on any atom is 0.338 e. The number of piperazine rings is 3. The van der Waals surface area contributed by atoms with Crippen molar-refractivity contribution in [3.05, 3.63) is 117 Å². The van der Waals surface area contributed by atoms with Gasteiger partial charge in [-0.15, -0.1) is 10.2 Å². The number of nitrogens with two attached hydrogens (primary N) is 1. The van der Waals surface area contributed by atoms with E-state index in [1.807, 2.05) is 79.7 Å². The third-order valence-corrected chi connectivity index (χ3v) is 11.6. The monoisotopic (exact) mass is 880 g/mol. The highest BCUT2D eigenvalue weighted by Crippen LogP contribution is 2.31. The molecular formula is C46H57ClN10O6. The molecule has 0 spiro atoms. The van der Waals surface area contributed by atoms with Crippen LogP contribution in [0.4, 0.5) is 22.7 Å². The smallest absolute Gasteiger partial charge is 0.338 e. The van der Waals surface area contributed by atoms with Gasteiger partial charge in [0, 0.05) is 118 Å². The third kappa shape index (κ3) is 12.8. The first-order valence-electron chi connectivity index (χ1n) is 21.2. The Kier molecular flexibility index (Phi) is 16.6. The van der Waals surface area contributed by atoms with Crippen LogP contribution in [-0.4, -0.2) is 154 Å². The van der Waals surface area contributed by atoms with Gasteiger partial charge in [0.15, 0.2) is 5.78 Å². The molecule has 0 unspecified atom stereocenters. The van der Waals surface area contributed by atoms with Crippen LogP contribution in [0, 0.1) is 10.1 Å². The number of likely N-dealkylation sites (N-methyl/N-ethyl adjacent to an activating group) is 3. The molecule has 334 valence electrons. The molecule has 8 rings (SSSR count). The molecule has 3 saturated heterocycles. The van der Waals surface area contributed by atoms with E-state index in [4.69, 9.17) is 26.5 Å². The Hall–Kier alpha value is -5.91. The molecule has 3 fully saturated rings. The fourth-order valence-electron chi connectivity index (χ4n) is 7.25. The van der Waals surface area contributed by atoms with Crippen molar-refractivity contribution in [1.29, 1.82) is 0 Å². The van der Waals surface area contributed by atoms with Crippen LogP contribution in [0.15, 0.2) is 95.4 Å². The molecule has 0 saturated carbocycles. The maximum atomic E-state index is 11.5. The number of aromatic nitrogens is 2. The number of anilines is 3. The second-order valence-corrected chi connectivity index (χ2v) is 16.1. The van der Waals surface area contributed by atoms with Gasteiger partial charge in [-0.1, -0.05) is 11.6 Å². The lowest BCUT2D eigenvalue weighted by atomic mass is 10.1. The molecule has 63 heavy (non-hydrogen) atoms. The summed E-state index contributed by atoms with van der Waals surface area (Å²) in [5.74, 6) is 0.390. The van der Waals surface area contributed by atoms with E-state index in [9.17, 15) is 19.7 Å². The molecule has 2 N–H and O–H groups in total. The molecule has 16 nitrogen and oxygen atoms in total. The SMILES string of the molecule is CCOC(=O)c1ccc(N2CCN(C)CC2)cc1.CN1CCN(c2ccc(-c3nnc(-c4ccc([N+](=O)[O-])c(Cl)c4)o3)cc2)CC1.CN1CCN(c2ccc(C(=O)CN)cc2)CC1. The molecule has 0 amide bonds. The van der Waals surface area contributed by atoms with Crippen molar-refractivity contribution >= 4 is 46.1 Å². The molecule has 17 heteroatoms. The standard InChI is InChI=1S/C19H18ClN5O3.C14H20N2O2.C13H19N3O/c1-23-8-10-24(11-9-23)15-5-2-13(3-6-15)18-21-22-19(28-18)14-4-7-17(25(26)27)16(20)12-14;1-3-18-14(17)12-4-6-13(7-5-12)16-10-8-15(2)9-11-16;1-15-6-8-16(9-7-15)12-4-2-11(3-5-12)13(17)10-14/h2-7,12H,8-11H2,1H3;4-7H,3,8-11H2,1-2H3;2-5H,6-10,14H2,1H3. The van der Waals surface area contributed by atoms with E-state index < -0.39 is 4.92 Å². The lowest BCUT2D eigenvalue weighted by Crippen LogP contribution is -2.44. The van der Waals surface area contributed by atoms with E-state index in [0.717, 1.165) is 84.1 Å². The number of halogens is 1. The average molecular weight is 881 g/mol. The first kappa shape index (κ1) is 46.6. The van der Waals surface area contributed by atoms with Gasteiger partial charge in [0.25, 0.3) is 5.69 Å². The minimum absolute atomic E-state index is 0.00470. The second-order valence-electron chi connectivity index (χ2n) is 15.7. The first-order valence-corrected chi connectivity index (χ1v) is 21.6. The van der Waals surface area contributed by atoms with Gasteiger partial charge >= 0.3 is 5.97 Å². The first-order chi connectivity index (χ1) is 30.4. The average Bonchev–Trinajstić information content (AvgIpc) is 3.81. The van der Waals surface area contributed by atoms with Gasteiger partial charge < -0.3 is 44.3 Å². The normalized spacial score (nSPS) is 16.1. The number of benzene rings is 4. The molecule has 0 radical (unpaired) electrons. The van der Waals surface area contributed by atoms with Crippen LogP contribution >= 0.6 is 11.6 Å². The fraction of sp³-hybridized carbons (Fsp3) is 0.391. The highest BCUT2D eigenvalue weighted by molar-refractivity contribution is 6.32. The number of nitro groups is 1. The Labute approximate surface area is 373 Å². The van der Waals surface area contributed by atoms with Gasteiger partial charge in [-0.05, 0) is 113 Å². The lowest BCUT2D eigenvalue weighted by Gasteiger charge is -2.34. The summed E-state index contributed by atoms with van der Waals surface area (Å²) in [5, 5.41) is 19.0. The predicted octanol–water partition coefficient (Wildman–Crippen LogP) is 5.91. The minimum atomic E-state index is -0.534. The second kappa shape index (κ2) is 22.4. The lowest BCUT2D eigenvalue weighted by molar-refractivity contribution is -0.384. The molecule has 4 aromatic carbocycles. The van der Waals surface area contributed by atoms with Crippen LogP contribution in [0.1, 0.15) is 27.6 Å². The van der Waals surface area contributed by atoms with Crippen LogP contribution in [0.25, 0.3) is 22.9 Å². The molecule has 0 atom stereocenters. The zero-order chi connectivity index (χ0) is 44.9. The Bertz CT molecular complexity index is 2250. The van der Waals surface area contributed by atoms with Gasteiger partial charge in [-0.25, -0.2) is 4.79 Å². The molecule has 0 aliphatic carbocycles. The Morgan fingerprint density at radius 2 is 1.05 bits per heavy atom. The zero-order valence-corrected chi connectivity index (χ0v) is 37.2. The largest absolute Gasteiger partial charge is 0.462 e. The number of carbonyl (C=O) groups excluding carboxylic acids is 2. The van der Waals surface area contributed by atoms with Gasteiger partial charge in [0.1, 0.15) is 5.02 Å². The number of Topliss-reactive ketones (excluding diaryl/α,β-unsaturated/α-hetero) is 1. The molecule has 5 aromatic rings. The van der Waals surface area contributed by atoms with Crippen molar-refractivity contribution in [3.63, 3.8) is 0 Å². The van der Waals surface area contributed by atoms with E-state index in [1.165, 1.54) is 35.3 Å². The highest BCUT2D eigenvalue weighted by Gasteiger charge is 2.19. The highest BCUT2D eigenvalue weighted by atomic mass is 35.5. The van der Waals surface area contributed by atoms with Crippen molar-refractivity contribution in [2.24, 2.45) is 5.73 Å². The van der Waals surface area contributed by atoms with E-state index in [-0.39, 0.29) is 34.9 Å². The Morgan fingerprint density at radius 3 is 1.44 bits per heavy atom. The van der Waals surface area contributed by atoms with E-state index in [2.05, 4.69) is 60.7 Å². The van der Waals surface area contributed by atoms with Crippen LogP contribution < -0.4 is 20.4 Å². The van der Waals surface area contributed by atoms with Gasteiger partial charge in [0.2, 0.25) is 11.8 Å². The summed E-state index contributed by atoms with van der Waals surface area (Å²) in [6, 6.07) is 27.7. The number of ketones is 1. The fourth-order valence-corrected chi connectivity index (χ4v) is 7.50. The van der Waals surface area contributed by atoms with Crippen molar-refractivity contribution in [1.82, 2.24) is 24.9 Å². The zero-order valence-electron chi connectivity index (χ0n) is 36.5. The predicted molar refractivity (Wildman–Crippen MR) is 248 cm³/mol. The van der Waals surface area contributed by atoms with E-state index >= 15 is 0 Å². The molecular weight excluding hydrogens is 824 g/mol. The number of hydrogen-bond acceptors (Lipinski definition) is 15. The summed E-state index contributed by atoms with van der Waals surface area (Å²) in [6.07, 6.45) is 0. The third-order valence-electron chi connectivity index (χ3n) is 11.3. The number of nitro benzene ring substituents is 1. The van der Waals surface area contributed by atoms with Gasteiger partial charge in [-0.2, -0.15) is 0 Å². The number of rotatable bonds is 10.